The van der Waals surface area contributed by atoms with Crippen molar-refractivity contribution < 1.29 is 15.4 Å². The molecule has 0 amide bonds. The standard InChI is InChI=1S/C9H11NO3/c1-2-7(10-13)6-4-3-5-8(11)9(6)12/h3-5,11-13H,2H2,1H3/b10-7+. The third kappa shape index (κ3) is 1.72. The predicted molar refractivity (Wildman–Crippen MR) is 48.4 cm³/mol. The van der Waals surface area contributed by atoms with Crippen LogP contribution in [0.15, 0.2) is 23.4 Å². The maximum Gasteiger partial charge on any atom is 0.166 e. The molecule has 0 aliphatic rings. The first-order chi connectivity index (χ1) is 6.20. The van der Waals surface area contributed by atoms with E-state index >= 15 is 0 Å². The second-order valence-electron chi connectivity index (χ2n) is 2.57. The van der Waals surface area contributed by atoms with Crippen LogP contribution in [0, 0.1) is 0 Å². The van der Waals surface area contributed by atoms with Gasteiger partial charge in [-0.1, -0.05) is 18.1 Å². The largest absolute Gasteiger partial charge is 0.504 e. The molecule has 0 fully saturated rings. The Balaban J connectivity index is 3.22. The molecular formula is C9H11NO3. The lowest BCUT2D eigenvalue weighted by molar-refractivity contribution is 0.317. The number of hydrogen-bond acceptors (Lipinski definition) is 4. The van der Waals surface area contributed by atoms with E-state index in [-0.39, 0.29) is 11.5 Å². The molecule has 0 saturated carbocycles. The summed E-state index contributed by atoms with van der Waals surface area (Å²) in [6, 6.07) is 4.52. The van der Waals surface area contributed by atoms with Crippen LogP contribution in [-0.4, -0.2) is 21.1 Å². The van der Waals surface area contributed by atoms with Crippen LogP contribution in [0.3, 0.4) is 0 Å². The van der Waals surface area contributed by atoms with Gasteiger partial charge in [0.15, 0.2) is 11.5 Å². The lowest BCUT2D eigenvalue weighted by Crippen LogP contribution is -1.98. The Morgan fingerprint density at radius 3 is 2.62 bits per heavy atom. The number of oxime groups is 1. The zero-order valence-electron chi connectivity index (χ0n) is 7.23. The molecule has 1 aromatic carbocycles. The number of para-hydroxylation sites is 1. The van der Waals surface area contributed by atoms with E-state index in [9.17, 15) is 5.11 Å². The highest BCUT2D eigenvalue weighted by Crippen LogP contribution is 2.29. The summed E-state index contributed by atoms with van der Waals surface area (Å²) in [7, 11) is 0. The zero-order chi connectivity index (χ0) is 9.84. The Labute approximate surface area is 75.8 Å². The molecule has 0 aliphatic heterocycles. The van der Waals surface area contributed by atoms with Gasteiger partial charge in [0, 0.05) is 5.56 Å². The van der Waals surface area contributed by atoms with E-state index in [4.69, 9.17) is 10.3 Å². The fourth-order valence-corrected chi connectivity index (χ4v) is 1.08. The SMILES string of the molecule is CC/C(=N\O)c1cccc(O)c1O. The first-order valence-electron chi connectivity index (χ1n) is 3.93. The average molecular weight is 181 g/mol. The highest BCUT2D eigenvalue weighted by atomic mass is 16.4. The summed E-state index contributed by atoms with van der Waals surface area (Å²) in [5, 5.41) is 30.2. The molecule has 70 valence electrons. The van der Waals surface area contributed by atoms with Crippen molar-refractivity contribution in [3.8, 4) is 11.5 Å². The second kappa shape index (κ2) is 3.80. The van der Waals surface area contributed by atoms with E-state index in [2.05, 4.69) is 5.16 Å². The van der Waals surface area contributed by atoms with Gasteiger partial charge in [0.1, 0.15) is 0 Å². The van der Waals surface area contributed by atoms with Gasteiger partial charge in [-0.3, -0.25) is 0 Å². The Morgan fingerprint density at radius 1 is 1.38 bits per heavy atom. The summed E-state index contributed by atoms with van der Waals surface area (Å²) in [5.74, 6) is -0.468. The molecule has 0 spiro atoms. The fourth-order valence-electron chi connectivity index (χ4n) is 1.08. The predicted octanol–water partition coefficient (Wildman–Crippen LogP) is 1.69. The van der Waals surface area contributed by atoms with Gasteiger partial charge in [-0.15, -0.1) is 0 Å². The van der Waals surface area contributed by atoms with Crippen LogP contribution in [0.1, 0.15) is 18.9 Å². The minimum absolute atomic E-state index is 0.216. The second-order valence-corrected chi connectivity index (χ2v) is 2.57. The quantitative estimate of drug-likeness (QED) is 0.281. The number of nitrogens with zero attached hydrogens (tertiary/aromatic N) is 1. The first kappa shape index (κ1) is 9.38. The number of rotatable bonds is 2. The highest BCUT2D eigenvalue weighted by Gasteiger charge is 2.10. The molecule has 1 aromatic rings. The number of phenolic OH excluding ortho intramolecular Hbond substituents is 2. The molecule has 0 aromatic heterocycles. The average Bonchev–Trinajstić information content (AvgIpc) is 2.14. The van der Waals surface area contributed by atoms with Gasteiger partial charge in [0.05, 0.1) is 5.71 Å². The molecule has 0 bridgehead atoms. The van der Waals surface area contributed by atoms with E-state index < -0.39 is 0 Å². The molecule has 0 unspecified atom stereocenters. The lowest BCUT2D eigenvalue weighted by atomic mass is 10.1. The van der Waals surface area contributed by atoms with Gasteiger partial charge in [-0.05, 0) is 18.6 Å². The van der Waals surface area contributed by atoms with Crippen molar-refractivity contribution in [3.05, 3.63) is 23.8 Å². The van der Waals surface area contributed by atoms with Crippen molar-refractivity contribution in [2.24, 2.45) is 5.16 Å². The van der Waals surface area contributed by atoms with E-state index in [1.165, 1.54) is 6.07 Å². The van der Waals surface area contributed by atoms with Gasteiger partial charge >= 0.3 is 0 Å². The first-order valence-corrected chi connectivity index (χ1v) is 3.93. The molecule has 13 heavy (non-hydrogen) atoms. The van der Waals surface area contributed by atoms with Crippen molar-refractivity contribution in [2.45, 2.75) is 13.3 Å². The van der Waals surface area contributed by atoms with Gasteiger partial charge in [-0.2, -0.15) is 0 Å². The van der Waals surface area contributed by atoms with Crippen LogP contribution in [0.5, 0.6) is 11.5 Å². The Morgan fingerprint density at radius 2 is 2.08 bits per heavy atom. The number of benzene rings is 1. The molecule has 0 atom stereocenters. The van der Waals surface area contributed by atoms with E-state index in [1.807, 2.05) is 0 Å². The van der Waals surface area contributed by atoms with Crippen molar-refractivity contribution in [2.75, 3.05) is 0 Å². The Bertz CT molecular complexity index is 334. The third-order valence-electron chi connectivity index (χ3n) is 1.78. The fraction of sp³-hybridized carbons (Fsp3) is 0.222. The minimum Gasteiger partial charge on any atom is -0.504 e. The maximum atomic E-state index is 9.39. The van der Waals surface area contributed by atoms with Crippen LogP contribution in [0.25, 0.3) is 0 Å². The van der Waals surface area contributed by atoms with Gasteiger partial charge in [0.2, 0.25) is 0 Å². The van der Waals surface area contributed by atoms with Gasteiger partial charge in [-0.25, -0.2) is 0 Å². The van der Waals surface area contributed by atoms with E-state index in [0.717, 1.165) is 0 Å². The van der Waals surface area contributed by atoms with Crippen molar-refractivity contribution in [1.82, 2.24) is 0 Å². The Hall–Kier alpha value is -1.71. The van der Waals surface area contributed by atoms with Crippen LogP contribution in [0.4, 0.5) is 0 Å². The third-order valence-corrected chi connectivity index (χ3v) is 1.78. The van der Waals surface area contributed by atoms with Crippen molar-refractivity contribution in [1.29, 1.82) is 0 Å². The zero-order valence-corrected chi connectivity index (χ0v) is 7.23. The Kier molecular flexibility index (Phi) is 2.74. The topological polar surface area (TPSA) is 73.1 Å². The molecule has 0 aliphatic carbocycles. The molecule has 4 heteroatoms. The maximum absolute atomic E-state index is 9.39. The summed E-state index contributed by atoms with van der Waals surface area (Å²) < 4.78 is 0. The molecule has 4 nitrogen and oxygen atoms in total. The van der Waals surface area contributed by atoms with Gasteiger partial charge in [0.25, 0.3) is 0 Å². The van der Waals surface area contributed by atoms with Crippen LogP contribution in [0.2, 0.25) is 0 Å². The molecule has 1 rings (SSSR count). The number of aromatic hydroxyl groups is 2. The summed E-state index contributed by atoms with van der Waals surface area (Å²) in [6.07, 6.45) is 0.480. The van der Waals surface area contributed by atoms with E-state index in [0.29, 0.717) is 17.7 Å². The molecule has 0 radical (unpaired) electrons. The smallest absolute Gasteiger partial charge is 0.166 e. The molecular weight excluding hydrogens is 170 g/mol. The van der Waals surface area contributed by atoms with Crippen LogP contribution < -0.4 is 0 Å². The number of phenols is 2. The summed E-state index contributed by atoms with van der Waals surface area (Å²) in [6.45, 7) is 1.79. The lowest BCUT2D eigenvalue weighted by Gasteiger charge is -2.05. The molecule has 0 saturated heterocycles. The molecule has 3 N–H and O–H groups in total. The normalized spacial score (nSPS) is 11.6. The van der Waals surface area contributed by atoms with Crippen LogP contribution >= 0.6 is 0 Å². The van der Waals surface area contributed by atoms with Crippen molar-refractivity contribution in [3.63, 3.8) is 0 Å². The van der Waals surface area contributed by atoms with Crippen LogP contribution in [-0.2, 0) is 0 Å². The van der Waals surface area contributed by atoms with E-state index in [1.54, 1.807) is 19.1 Å². The minimum atomic E-state index is -0.253. The summed E-state index contributed by atoms with van der Waals surface area (Å²) >= 11 is 0. The number of hydrogen-bond donors (Lipinski definition) is 3. The summed E-state index contributed by atoms with van der Waals surface area (Å²) in [5.41, 5.74) is 0.693. The summed E-state index contributed by atoms with van der Waals surface area (Å²) in [4.78, 5) is 0. The molecule has 0 heterocycles. The monoisotopic (exact) mass is 181 g/mol. The van der Waals surface area contributed by atoms with Crippen molar-refractivity contribution >= 4 is 5.71 Å². The van der Waals surface area contributed by atoms with Gasteiger partial charge < -0.3 is 15.4 Å². The highest BCUT2D eigenvalue weighted by molar-refractivity contribution is 6.02.